The lowest BCUT2D eigenvalue weighted by Crippen LogP contribution is -2.46. The molecule has 1 aromatic rings. The molecule has 0 unspecified atom stereocenters. The molecule has 0 spiro atoms. The van der Waals surface area contributed by atoms with Crippen LogP contribution in [0.25, 0.3) is 0 Å². The number of amides is 2. The highest BCUT2D eigenvalue weighted by Gasteiger charge is 2.27. The van der Waals surface area contributed by atoms with Crippen LogP contribution in [0.15, 0.2) is 17.5 Å². The van der Waals surface area contributed by atoms with Crippen molar-refractivity contribution < 1.29 is 9.59 Å². The first-order valence-electron chi connectivity index (χ1n) is 7.48. The molecule has 116 valence electrons. The second-order valence-electron chi connectivity index (χ2n) is 5.32. The summed E-state index contributed by atoms with van der Waals surface area (Å²) in [4.78, 5) is 26.8. The van der Waals surface area contributed by atoms with Crippen molar-refractivity contribution >= 4 is 23.2 Å². The van der Waals surface area contributed by atoms with Gasteiger partial charge in [-0.1, -0.05) is 13.0 Å². The second kappa shape index (κ2) is 7.56. The van der Waals surface area contributed by atoms with Gasteiger partial charge in [0, 0.05) is 19.1 Å². The number of thiophene rings is 1. The minimum absolute atomic E-state index is 0.133. The van der Waals surface area contributed by atoms with Crippen molar-refractivity contribution in [3.63, 3.8) is 0 Å². The van der Waals surface area contributed by atoms with E-state index >= 15 is 0 Å². The van der Waals surface area contributed by atoms with Gasteiger partial charge in [-0.3, -0.25) is 14.5 Å². The standard InChI is InChI=1S/C15H23N3O2S/c1-3-18(12-6-7-12)9-8-16-14(19)11(2)17-15(20)13-5-4-10-21-13/h4-5,10-12H,3,6-9H2,1-2H3,(H,16,19)(H,17,20)/t11-/m1/s1. The molecule has 1 atom stereocenters. The Morgan fingerprint density at radius 2 is 2.24 bits per heavy atom. The van der Waals surface area contributed by atoms with E-state index in [0.29, 0.717) is 17.5 Å². The summed E-state index contributed by atoms with van der Waals surface area (Å²) in [5.41, 5.74) is 0. The summed E-state index contributed by atoms with van der Waals surface area (Å²) < 4.78 is 0. The summed E-state index contributed by atoms with van der Waals surface area (Å²) in [5.74, 6) is -0.326. The number of likely N-dealkylation sites (N-methyl/N-ethyl adjacent to an activating group) is 1. The zero-order valence-corrected chi connectivity index (χ0v) is 13.4. The van der Waals surface area contributed by atoms with Gasteiger partial charge in [0.25, 0.3) is 5.91 Å². The largest absolute Gasteiger partial charge is 0.353 e. The van der Waals surface area contributed by atoms with Crippen LogP contribution in [0.5, 0.6) is 0 Å². The molecule has 1 heterocycles. The molecule has 0 aromatic carbocycles. The molecule has 2 N–H and O–H groups in total. The molecule has 0 aliphatic heterocycles. The third-order valence-corrected chi connectivity index (χ3v) is 4.52. The summed E-state index contributed by atoms with van der Waals surface area (Å²) in [6.07, 6.45) is 2.55. The first kappa shape index (κ1) is 16.0. The normalized spacial score (nSPS) is 15.8. The average Bonchev–Trinajstić information content (AvgIpc) is 3.16. The van der Waals surface area contributed by atoms with Crippen LogP contribution in [0.4, 0.5) is 0 Å². The van der Waals surface area contributed by atoms with Crippen LogP contribution in [0.2, 0.25) is 0 Å². The van der Waals surface area contributed by atoms with Gasteiger partial charge in [-0.2, -0.15) is 0 Å². The first-order chi connectivity index (χ1) is 10.1. The van der Waals surface area contributed by atoms with Crippen molar-refractivity contribution in [3.05, 3.63) is 22.4 Å². The molecule has 1 aliphatic carbocycles. The van der Waals surface area contributed by atoms with Gasteiger partial charge in [0.1, 0.15) is 6.04 Å². The van der Waals surface area contributed by atoms with E-state index in [1.807, 2.05) is 11.4 Å². The van der Waals surface area contributed by atoms with Gasteiger partial charge < -0.3 is 10.6 Å². The molecule has 2 amide bonds. The third-order valence-electron chi connectivity index (χ3n) is 3.65. The van der Waals surface area contributed by atoms with E-state index in [1.54, 1.807) is 13.0 Å². The van der Waals surface area contributed by atoms with E-state index in [4.69, 9.17) is 0 Å². The third kappa shape index (κ3) is 4.82. The number of rotatable bonds is 8. The molecule has 0 saturated heterocycles. The Hall–Kier alpha value is -1.40. The summed E-state index contributed by atoms with van der Waals surface area (Å²) in [5, 5.41) is 7.45. The van der Waals surface area contributed by atoms with Gasteiger partial charge in [-0.25, -0.2) is 0 Å². The van der Waals surface area contributed by atoms with Gasteiger partial charge in [0.2, 0.25) is 5.91 Å². The molecule has 1 aromatic heterocycles. The topological polar surface area (TPSA) is 61.4 Å². The van der Waals surface area contributed by atoms with Crippen LogP contribution in [0.3, 0.4) is 0 Å². The number of nitrogens with zero attached hydrogens (tertiary/aromatic N) is 1. The van der Waals surface area contributed by atoms with E-state index in [1.165, 1.54) is 24.2 Å². The predicted octanol–water partition coefficient (Wildman–Crippen LogP) is 1.47. The van der Waals surface area contributed by atoms with Crippen molar-refractivity contribution in [3.8, 4) is 0 Å². The lowest BCUT2D eigenvalue weighted by atomic mass is 10.3. The van der Waals surface area contributed by atoms with Crippen LogP contribution < -0.4 is 10.6 Å². The molecule has 6 heteroatoms. The van der Waals surface area contributed by atoms with E-state index < -0.39 is 6.04 Å². The molecule has 1 aliphatic rings. The van der Waals surface area contributed by atoms with Gasteiger partial charge in [0.05, 0.1) is 4.88 Å². The van der Waals surface area contributed by atoms with Gasteiger partial charge in [-0.05, 0) is 37.8 Å². The summed E-state index contributed by atoms with van der Waals surface area (Å²) in [6, 6.07) is 3.76. The summed E-state index contributed by atoms with van der Waals surface area (Å²) >= 11 is 1.37. The van der Waals surface area contributed by atoms with Gasteiger partial charge in [-0.15, -0.1) is 11.3 Å². The van der Waals surface area contributed by atoms with Crippen molar-refractivity contribution in [2.75, 3.05) is 19.6 Å². The van der Waals surface area contributed by atoms with Crippen molar-refractivity contribution in [2.24, 2.45) is 0 Å². The molecule has 5 nitrogen and oxygen atoms in total. The highest BCUT2D eigenvalue weighted by molar-refractivity contribution is 7.12. The van der Waals surface area contributed by atoms with Crippen LogP contribution in [-0.4, -0.2) is 48.4 Å². The molecular weight excluding hydrogens is 286 g/mol. The SMILES string of the molecule is CCN(CCNC(=O)[C@@H](C)NC(=O)c1cccs1)C1CC1. The minimum atomic E-state index is -0.518. The second-order valence-corrected chi connectivity index (χ2v) is 6.27. The fraction of sp³-hybridized carbons (Fsp3) is 0.600. The van der Waals surface area contributed by atoms with Crippen LogP contribution >= 0.6 is 11.3 Å². The van der Waals surface area contributed by atoms with Crippen LogP contribution in [0, 0.1) is 0 Å². The number of hydrogen-bond donors (Lipinski definition) is 2. The van der Waals surface area contributed by atoms with E-state index in [-0.39, 0.29) is 11.8 Å². The zero-order valence-electron chi connectivity index (χ0n) is 12.6. The Labute approximate surface area is 129 Å². The Bertz CT molecular complexity index is 471. The highest BCUT2D eigenvalue weighted by Crippen LogP contribution is 2.25. The number of carbonyl (C=O) groups excluding carboxylic acids is 2. The van der Waals surface area contributed by atoms with Gasteiger partial charge in [0.15, 0.2) is 0 Å². The average molecular weight is 309 g/mol. The van der Waals surface area contributed by atoms with E-state index in [2.05, 4.69) is 22.5 Å². The maximum absolute atomic E-state index is 12.0. The maximum Gasteiger partial charge on any atom is 0.261 e. The van der Waals surface area contributed by atoms with Crippen molar-refractivity contribution in [1.82, 2.24) is 15.5 Å². The highest BCUT2D eigenvalue weighted by atomic mass is 32.1. The molecule has 0 bridgehead atoms. The maximum atomic E-state index is 12.0. The van der Waals surface area contributed by atoms with E-state index in [0.717, 1.165) is 13.1 Å². The fourth-order valence-electron chi connectivity index (χ4n) is 2.26. The number of nitrogens with one attached hydrogen (secondary N) is 2. The lowest BCUT2D eigenvalue weighted by Gasteiger charge is -2.20. The van der Waals surface area contributed by atoms with E-state index in [9.17, 15) is 9.59 Å². The molecule has 1 saturated carbocycles. The van der Waals surface area contributed by atoms with Crippen LogP contribution in [-0.2, 0) is 4.79 Å². The molecular formula is C15H23N3O2S. The zero-order chi connectivity index (χ0) is 15.2. The number of carbonyl (C=O) groups is 2. The predicted molar refractivity (Wildman–Crippen MR) is 84.5 cm³/mol. The molecule has 1 fully saturated rings. The molecule has 21 heavy (non-hydrogen) atoms. The monoisotopic (exact) mass is 309 g/mol. The number of hydrogen-bond acceptors (Lipinski definition) is 4. The molecule has 2 rings (SSSR count). The Morgan fingerprint density at radius 1 is 1.48 bits per heavy atom. The van der Waals surface area contributed by atoms with Gasteiger partial charge >= 0.3 is 0 Å². The first-order valence-corrected chi connectivity index (χ1v) is 8.36. The van der Waals surface area contributed by atoms with Crippen molar-refractivity contribution in [1.29, 1.82) is 0 Å². The van der Waals surface area contributed by atoms with Crippen LogP contribution in [0.1, 0.15) is 36.4 Å². The fourth-order valence-corrected chi connectivity index (χ4v) is 2.88. The summed E-state index contributed by atoms with van der Waals surface area (Å²) in [7, 11) is 0. The Morgan fingerprint density at radius 3 is 2.81 bits per heavy atom. The quantitative estimate of drug-likeness (QED) is 0.764. The summed E-state index contributed by atoms with van der Waals surface area (Å²) in [6.45, 7) is 6.37. The minimum Gasteiger partial charge on any atom is -0.353 e. The Kier molecular flexibility index (Phi) is 5.76. The Balaban J connectivity index is 1.68. The smallest absolute Gasteiger partial charge is 0.261 e. The lowest BCUT2D eigenvalue weighted by molar-refractivity contribution is -0.122. The van der Waals surface area contributed by atoms with Crippen molar-refractivity contribution in [2.45, 2.75) is 38.8 Å². The molecule has 0 radical (unpaired) electrons.